The number of carbonyl (C=O) groups excluding carboxylic acids is 1. The van der Waals surface area contributed by atoms with Gasteiger partial charge in [0.05, 0.1) is 24.9 Å². The summed E-state index contributed by atoms with van der Waals surface area (Å²) in [4.78, 5) is 33.4. The minimum absolute atomic E-state index is 0.212. The summed E-state index contributed by atoms with van der Waals surface area (Å²) in [5, 5.41) is 2.71. The lowest BCUT2D eigenvalue weighted by molar-refractivity contribution is -0.0444. The molecule has 2 amide bonds. The van der Waals surface area contributed by atoms with Crippen LogP contribution < -0.4 is 22.5 Å². The molecule has 0 radical (unpaired) electrons. The minimum atomic E-state index is -0.560. The summed E-state index contributed by atoms with van der Waals surface area (Å²) < 4.78 is 7.15. The van der Waals surface area contributed by atoms with Crippen molar-refractivity contribution in [1.29, 1.82) is 0 Å². The molecule has 3 heterocycles. The summed E-state index contributed by atoms with van der Waals surface area (Å²) in [6.45, 7) is 8.02. The van der Waals surface area contributed by atoms with Crippen molar-refractivity contribution in [3.8, 4) is 5.69 Å². The highest BCUT2D eigenvalue weighted by molar-refractivity contribution is 5.88. The van der Waals surface area contributed by atoms with E-state index in [-0.39, 0.29) is 18.0 Å². The monoisotopic (exact) mass is 467 g/mol. The summed E-state index contributed by atoms with van der Waals surface area (Å²) in [6, 6.07) is 9.60. The van der Waals surface area contributed by atoms with Gasteiger partial charge in [-0.3, -0.25) is 14.8 Å². The molecular formula is C24H33N7O3. The molecule has 1 aromatic heterocycles. The number of ether oxygens (including phenoxy) is 1. The second-order valence-electron chi connectivity index (χ2n) is 10.3. The van der Waals surface area contributed by atoms with Gasteiger partial charge in [0.25, 0.3) is 0 Å². The second-order valence-corrected chi connectivity index (χ2v) is 10.3. The van der Waals surface area contributed by atoms with Gasteiger partial charge in [0.2, 0.25) is 0 Å². The maximum absolute atomic E-state index is 12.7. The van der Waals surface area contributed by atoms with Crippen LogP contribution in [0.4, 0.5) is 10.6 Å². The molecule has 0 spiro atoms. The van der Waals surface area contributed by atoms with E-state index in [1.807, 2.05) is 38.1 Å². The van der Waals surface area contributed by atoms with E-state index in [2.05, 4.69) is 15.2 Å². The Kier molecular flexibility index (Phi) is 5.93. The first-order valence-corrected chi connectivity index (χ1v) is 11.8. The highest BCUT2D eigenvalue weighted by atomic mass is 16.5. The standard InChI is InChI=1S/C24H33N7O3/c1-24(2,26)19-14-30(9-10-34-19)22(32)27-20-7-8-31(23(33)28-20)16-5-3-15(4-6-16)11-29-12-17-18(13-29)21(17)25/h3-8,17-19,21H,9-14,25-26H2,1-2H3,(H,27,28,32,33)/t17-,18+,19?,21?. The zero-order valence-electron chi connectivity index (χ0n) is 19.7. The number of nitrogens with zero attached hydrogens (tertiary/aromatic N) is 4. The molecule has 0 bridgehead atoms. The number of rotatable bonds is 5. The number of nitrogens with one attached hydrogen (secondary N) is 1. The highest BCUT2D eigenvalue weighted by Crippen LogP contribution is 2.44. The van der Waals surface area contributed by atoms with E-state index in [1.165, 1.54) is 10.1 Å². The van der Waals surface area contributed by atoms with Crippen molar-refractivity contribution in [3.63, 3.8) is 0 Å². The van der Waals surface area contributed by atoms with Gasteiger partial charge in [-0.25, -0.2) is 9.59 Å². The van der Waals surface area contributed by atoms with Gasteiger partial charge >= 0.3 is 11.7 Å². The molecule has 10 heteroatoms. The zero-order chi connectivity index (χ0) is 24.0. The van der Waals surface area contributed by atoms with Gasteiger partial charge in [0.15, 0.2) is 0 Å². The number of nitrogens with two attached hydrogens (primary N) is 2. The molecule has 1 aromatic carbocycles. The number of morpholine rings is 1. The molecule has 2 unspecified atom stereocenters. The van der Waals surface area contributed by atoms with E-state index < -0.39 is 11.2 Å². The number of fused-ring (bicyclic) bond motifs is 1. The molecule has 34 heavy (non-hydrogen) atoms. The van der Waals surface area contributed by atoms with Crippen molar-refractivity contribution >= 4 is 11.8 Å². The quantitative estimate of drug-likeness (QED) is 0.586. The molecule has 5 rings (SSSR count). The molecule has 1 saturated carbocycles. The van der Waals surface area contributed by atoms with Crippen LogP contribution in [-0.4, -0.2) is 75.9 Å². The van der Waals surface area contributed by atoms with Crippen molar-refractivity contribution in [2.45, 2.75) is 38.1 Å². The topological polar surface area (TPSA) is 132 Å². The Labute approximate surface area is 198 Å². The molecule has 1 aliphatic carbocycles. The third kappa shape index (κ3) is 4.72. The fourth-order valence-corrected chi connectivity index (χ4v) is 4.95. The third-order valence-corrected chi connectivity index (χ3v) is 7.18. The Balaban J connectivity index is 1.20. The van der Waals surface area contributed by atoms with Crippen molar-refractivity contribution in [3.05, 3.63) is 52.6 Å². The van der Waals surface area contributed by atoms with Crippen molar-refractivity contribution in [2.75, 3.05) is 38.1 Å². The molecule has 2 aliphatic heterocycles. The maximum atomic E-state index is 12.7. The lowest BCUT2D eigenvalue weighted by Gasteiger charge is -2.39. The van der Waals surface area contributed by atoms with Crippen molar-refractivity contribution < 1.29 is 9.53 Å². The predicted molar refractivity (Wildman–Crippen MR) is 129 cm³/mol. The van der Waals surface area contributed by atoms with Crippen LogP contribution in [0.2, 0.25) is 0 Å². The SMILES string of the molecule is CC(C)(N)C1CN(C(=O)Nc2ccn(-c3ccc(CN4C[C@@H]5C(N)[C@@H]5C4)cc3)c(=O)n2)CCO1. The number of hydrogen-bond donors (Lipinski definition) is 3. The summed E-state index contributed by atoms with van der Waals surface area (Å²) >= 11 is 0. The predicted octanol–water partition coefficient (Wildman–Crippen LogP) is 0.591. The Hall–Kier alpha value is -2.79. The Morgan fingerprint density at radius 2 is 1.88 bits per heavy atom. The molecule has 2 aromatic rings. The number of likely N-dealkylation sites (tertiary alicyclic amines) is 1. The Morgan fingerprint density at radius 3 is 2.53 bits per heavy atom. The normalized spacial score (nSPS) is 26.9. The lowest BCUT2D eigenvalue weighted by Crippen LogP contribution is -2.57. The first-order valence-electron chi connectivity index (χ1n) is 11.8. The van der Waals surface area contributed by atoms with Gasteiger partial charge in [0.1, 0.15) is 5.82 Å². The van der Waals surface area contributed by atoms with Gasteiger partial charge < -0.3 is 21.1 Å². The molecule has 2 saturated heterocycles. The number of urea groups is 1. The van der Waals surface area contributed by atoms with Crippen molar-refractivity contribution in [2.24, 2.45) is 23.3 Å². The zero-order valence-corrected chi connectivity index (χ0v) is 19.7. The summed E-state index contributed by atoms with van der Waals surface area (Å²) in [6.07, 6.45) is 1.37. The van der Waals surface area contributed by atoms with Crippen LogP contribution in [0.25, 0.3) is 5.69 Å². The van der Waals surface area contributed by atoms with Crippen LogP contribution in [0.15, 0.2) is 41.3 Å². The van der Waals surface area contributed by atoms with Crippen LogP contribution in [-0.2, 0) is 11.3 Å². The number of piperidine rings is 1. The first kappa shape index (κ1) is 23.0. The molecule has 3 fully saturated rings. The van der Waals surface area contributed by atoms with E-state index in [4.69, 9.17) is 16.2 Å². The minimum Gasteiger partial charge on any atom is -0.373 e. The van der Waals surface area contributed by atoms with Gasteiger partial charge in [-0.15, -0.1) is 0 Å². The van der Waals surface area contributed by atoms with Gasteiger partial charge in [-0.1, -0.05) is 12.1 Å². The third-order valence-electron chi connectivity index (χ3n) is 7.18. The van der Waals surface area contributed by atoms with Crippen LogP contribution in [0, 0.1) is 11.8 Å². The smallest absolute Gasteiger partial charge is 0.354 e. The van der Waals surface area contributed by atoms with E-state index in [0.29, 0.717) is 37.6 Å². The largest absolute Gasteiger partial charge is 0.373 e. The average molecular weight is 468 g/mol. The molecule has 4 atom stereocenters. The first-order chi connectivity index (χ1) is 16.2. The van der Waals surface area contributed by atoms with Gasteiger partial charge in [-0.2, -0.15) is 4.98 Å². The van der Waals surface area contributed by atoms with E-state index in [0.717, 1.165) is 25.3 Å². The molecule has 10 nitrogen and oxygen atoms in total. The number of benzene rings is 1. The summed E-state index contributed by atoms with van der Waals surface area (Å²) in [7, 11) is 0. The highest BCUT2D eigenvalue weighted by Gasteiger charge is 2.53. The van der Waals surface area contributed by atoms with Gasteiger partial charge in [-0.05, 0) is 49.4 Å². The van der Waals surface area contributed by atoms with Crippen LogP contribution in [0.3, 0.4) is 0 Å². The molecule has 182 valence electrons. The molecular weight excluding hydrogens is 434 g/mol. The molecule has 3 aliphatic rings. The fraction of sp³-hybridized carbons (Fsp3) is 0.542. The number of anilines is 1. The number of carbonyl (C=O) groups is 1. The van der Waals surface area contributed by atoms with Gasteiger partial charge in [0, 0.05) is 44.0 Å². The number of hydrogen-bond acceptors (Lipinski definition) is 7. The number of amides is 2. The Morgan fingerprint density at radius 1 is 1.18 bits per heavy atom. The van der Waals surface area contributed by atoms with Crippen LogP contribution in [0.5, 0.6) is 0 Å². The van der Waals surface area contributed by atoms with Crippen LogP contribution in [0.1, 0.15) is 19.4 Å². The van der Waals surface area contributed by atoms with Crippen molar-refractivity contribution in [1.82, 2.24) is 19.4 Å². The lowest BCUT2D eigenvalue weighted by atomic mass is 9.97. The fourth-order valence-electron chi connectivity index (χ4n) is 4.95. The van der Waals surface area contributed by atoms with E-state index in [1.54, 1.807) is 17.2 Å². The number of aromatic nitrogens is 2. The van der Waals surface area contributed by atoms with E-state index >= 15 is 0 Å². The average Bonchev–Trinajstić information content (AvgIpc) is 3.19. The molecule has 5 N–H and O–H groups in total. The van der Waals surface area contributed by atoms with Crippen LogP contribution >= 0.6 is 0 Å². The Bertz CT molecular complexity index is 1100. The maximum Gasteiger partial charge on any atom is 0.354 e. The van der Waals surface area contributed by atoms with E-state index in [9.17, 15) is 9.59 Å². The summed E-state index contributed by atoms with van der Waals surface area (Å²) in [5.41, 5.74) is 13.1. The summed E-state index contributed by atoms with van der Waals surface area (Å²) in [5.74, 6) is 1.55. The second kappa shape index (κ2) is 8.77.